The molecule has 1 heterocycles. The van der Waals surface area contributed by atoms with Crippen molar-refractivity contribution in [2.75, 3.05) is 7.11 Å². The molecule has 0 aliphatic heterocycles. The van der Waals surface area contributed by atoms with Crippen molar-refractivity contribution in [1.82, 2.24) is 0 Å². The van der Waals surface area contributed by atoms with Gasteiger partial charge in [0.1, 0.15) is 17.3 Å². The normalized spacial score (nSPS) is 10.3. The van der Waals surface area contributed by atoms with Crippen molar-refractivity contribution in [3.8, 4) is 17.1 Å². The molecule has 0 bridgehead atoms. The lowest BCUT2D eigenvalue weighted by Crippen LogP contribution is -1.91. The maximum Gasteiger partial charge on any atom is 0.136 e. The number of hydrogen-bond acceptors (Lipinski definition) is 2. The van der Waals surface area contributed by atoms with Crippen LogP contribution in [0.3, 0.4) is 0 Å². The molecule has 2 aromatic rings. The molecule has 0 aliphatic rings. The second-order valence-electron chi connectivity index (χ2n) is 3.28. The van der Waals surface area contributed by atoms with E-state index in [-0.39, 0.29) is 5.82 Å². The average Bonchev–Trinajstić information content (AvgIpc) is 2.71. The first-order valence-electron chi connectivity index (χ1n) is 4.60. The zero-order valence-corrected chi connectivity index (χ0v) is 8.58. The van der Waals surface area contributed by atoms with E-state index in [2.05, 4.69) is 0 Å². The van der Waals surface area contributed by atoms with Crippen molar-refractivity contribution in [2.45, 2.75) is 6.92 Å². The molecule has 78 valence electrons. The van der Waals surface area contributed by atoms with E-state index in [9.17, 15) is 4.39 Å². The first-order chi connectivity index (χ1) is 7.22. The highest BCUT2D eigenvalue weighted by Gasteiger charge is 2.11. The molecule has 0 aliphatic carbocycles. The Hall–Kier alpha value is -1.77. The third-order valence-corrected chi connectivity index (χ3v) is 2.27. The minimum atomic E-state index is -0.303. The van der Waals surface area contributed by atoms with Crippen molar-refractivity contribution >= 4 is 0 Å². The number of aryl methyl sites for hydroxylation is 1. The third kappa shape index (κ3) is 1.73. The second kappa shape index (κ2) is 3.77. The van der Waals surface area contributed by atoms with Crippen LogP contribution in [0.15, 0.2) is 34.9 Å². The molecule has 0 radical (unpaired) electrons. The summed E-state index contributed by atoms with van der Waals surface area (Å²) in [6.07, 6.45) is 1.51. The van der Waals surface area contributed by atoms with E-state index in [1.54, 1.807) is 32.2 Å². The Morgan fingerprint density at radius 3 is 2.73 bits per heavy atom. The first kappa shape index (κ1) is 9.77. The van der Waals surface area contributed by atoms with E-state index >= 15 is 0 Å². The summed E-state index contributed by atoms with van der Waals surface area (Å²) in [7, 11) is 1.56. The molecule has 15 heavy (non-hydrogen) atoms. The predicted molar refractivity (Wildman–Crippen MR) is 55.4 cm³/mol. The van der Waals surface area contributed by atoms with Gasteiger partial charge in [0.15, 0.2) is 0 Å². The van der Waals surface area contributed by atoms with Gasteiger partial charge in [-0.05, 0) is 36.8 Å². The minimum absolute atomic E-state index is 0.303. The summed E-state index contributed by atoms with van der Waals surface area (Å²) in [5.41, 5.74) is 1.19. The van der Waals surface area contributed by atoms with Gasteiger partial charge in [0.25, 0.3) is 0 Å². The predicted octanol–water partition coefficient (Wildman–Crippen LogP) is 3.40. The van der Waals surface area contributed by atoms with Crippen molar-refractivity contribution in [3.63, 3.8) is 0 Å². The monoisotopic (exact) mass is 206 g/mol. The molecule has 2 rings (SSSR count). The maximum atomic E-state index is 13.6. The van der Waals surface area contributed by atoms with Crippen LogP contribution in [0.1, 0.15) is 5.56 Å². The zero-order chi connectivity index (χ0) is 10.8. The van der Waals surface area contributed by atoms with Crippen molar-refractivity contribution in [1.29, 1.82) is 0 Å². The zero-order valence-electron chi connectivity index (χ0n) is 8.58. The Bertz CT molecular complexity index is 461. The number of rotatable bonds is 2. The van der Waals surface area contributed by atoms with Gasteiger partial charge in [-0.25, -0.2) is 4.39 Å². The summed E-state index contributed by atoms with van der Waals surface area (Å²) >= 11 is 0. The summed E-state index contributed by atoms with van der Waals surface area (Å²) < 4.78 is 23.9. The molecule has 0 saturated carbocycles. The Balaban J connectivity index is 2.57. The van der Waals surface area contributed by atoms with Gasteiger partial charge < -0.3 is 9.15 Å². The van der Waals surface area contributed by atoms with Gasteiger partial charge in [0.2, 0.25) is 0 Å². The highest BCUT2D eigenvalue weighted by molar-refractivity contribution is 5.61. The lowest BCUT2D eigenvalue weighted by Gasteiger charge is -2.07. The average molecular weight is 206 g/mol. The highest BCUT2D eigenvalue weighted by Crippen LogP contribution is 2.29. The van der Waals surface area contributed by atoms with E-state index in [0.29, 0.717) is 17.1 Å². The number of furan rings is 1. The smallest absolute Gasteiger partial charge is 0.136 e. The summed E-state index contributed by atoms with van der Waals surface area (Å²) in [4.78, 5) is 0. The lowest BCUT2D eigenvalue weighted by atomic mass is 10.1. The second-order valence-corrected chi connectivity index (χ2v) is 3.28. The number of halogens is 1. The quantitative estimate of drug-likeness (QED) is 0.751. The van der Waals surface area contributed by atoms with Crippen molar-refractivity contribution in [2.24, 2.45) is 0 Å². The summed E-state index contributed by atoms with van der Waals surface area (Å²) in [5, 5.41) is 0. The molecule has 3 heteroatoms. The standard InChI is InChI=1S/C12H11FO2/c1-8-6-10(13)9(7-12(8)14-2)11-4-3-5-15-11/h3-7H,1-2H3. The Morgan fingerprint density at radius 2 is 2.13 bits per heavy atom. The fourth-order valence-corrected chi connectivity index (χ4v) is 1.49. The molecular formula is C12H11FO2. The van der Waals surface area contributed by atoms with Crippen LogP contribution < -0.4 is 4.74 Å². The van der Waals surface area contributed by atoms with E-state index < -0.39 is 0 Å². The van der Waals surface area contributed by atoms with Gasteiger partial charge in [0.05, 0.1) is 18.9 Å². The molecule has 0 spiro atoms. The van der Waals surface area contributed by atoms with Crippen LogP contribution >= 0.6 is 0 Å². The molecule has 0 N–H and O–H groups in total. The van der Waals surface area contributed by atoms with Crippen LogP contribution in [-0.2, 0) is 0 Å². The minimum Gasteiger partial charge on any atom is -0.496 e. The number of benzene rings is 1. The third-order valence-electron chi connectivity index (χ3n) is 2.27. The van der Waals surface area contributed by atoms with Crippen LogP contribution in [-0.4, -0.2) is 7.11 Å². The SMILES string of the molecule is COc1cc(-c2ccco2)c(F)cc1C. The summed E-state index contributed by atoms with van der Waals surface area (Å²) in [6.45, 7) is 1.80. The van der Waals surface area contributed by atoms with Gasteiger partial charge in [-0.3, -0.25) is 0 Å². The first-order valence-corrected chi connectivity index (χ1v) is 4.60. The van der Waals surface area contributed by atoms with Gasteiger partial charge in [-0.15, -0.1) is 0 Å². The Labute approximate surface area is 87.3 Å². The molecule has 1 aromatic heterocycles. The molecule has 0 atom stereocenters. The van der Waals surface area contributed by atoms with Crippen LogP contribution in [0.5, 0.6) is 5.75 Å². The van der Waals surface area contributed by atoms with E-state index in [1.165, 1.54) is 12.3 Å². The van der Waals surface area contributed by atoms with Crippen molar-refractivity contribution in [3.05, 3.63) is 41.9 Å². The molecule has 0 amide bonds. The summed E-state index contributed by atoms with van der Waals surface area (Å²) in [6, 6.07) is 6.52. The van der Waals surface area contributed by atoms with E-state index in [1.807, 2.05) is 0 Å². The lowest BCUT2D eigenvalue weighted by molar-refractivity contribution is 0.410. The Kier molecular flexibility index (Phi) is 2.46. The van der Waals surface area contributed by atoms with Crippen LogP contribution in [0.2, 0.25) is 0 Å². The fourth-order valence-electron chi connectivity index (χ4n) is 1.49. The largest absolute Gasteiger partial charge is 0.496 e. The molecule has 0 saturated heterocycles. The number of methoxy groups -OCH3 is 1. The Morgan fingerprint density at radius 1 is 1.33 bits per heavy atom. The van der Waals surface area contributed by atoms with E-state index in [4.69, 9.17) is 9.15 Å². The van der Waals surface area contributed by atoms with Gasteiger partial charge in [-0.2, -0.15) is 0 Å². The highest BCUT2D eigenvalue weighted by atomic mass is 19.1. The molecule has 0 unspecified atom stereocenters. The van der Waals surface area contributed by atoms with Gasteiger partial charge in [-0.1, -0.05) is 0 Å². The van der Waals surface area contributed by atoms with Gasteiger partial charge >= 0.3 is 0 Å². The fraction of sp³-hybridized carbons (Fsp3) is 0.167. The van der Waals surface area contributed by atoms with Crippen LogP contribution in [0, 0.1) is 12.7 Å². The van der Waals surface area contributed by atoms with E-state index in [0.717, 1.165) is 5.56 Å². The molecule has 1 aromatic carbocycles. The molecule has 2 nitrogen and oxygen atoms in total. The maximum absolute atomic E-state index is 13.6. The van der Waals surface area contributed by atoms with Gasteiger partial charge in [0, 0.05) is 0 Å². The molecule has 0 fully saturated rings. The number of ether oxygens (including phenoxy) is 1. The van der Waals surface area contributed by atoms with Crippen molar-refractivity contribution < 1.29 is 13.5 Å². The summed E-state index contributed by atoms with van der Waals surface area (Å²) in [5.74, 6) is 0.858. The van der Waals surface area contributed by atoms with Crippen LogP contribution in [0.4, 0.5) is 4.39 Å². The molecular weight excluding hydrogens is 195 g/mol. The van der Waals surface area contributed by atoms with Crippen LogP contribution in [0.25, 0.3) is 11.3 Å². The number of hydrogen-bond donors (Lipinski definition) is 0. The topological polar surface area (TPSA) is 22.4 Å².